The summed E-state index contributed by atoms with van der Waals surface area (Å²) in [4.78, 5) is 0. The average molecular weight is 297 g/mol. The molecule has 0 fully saturated rings. The van der Waals surface area contributed by atoms with Crippen molar-refractivity contribution in [1.82, 2.24) is 5.32 Å². The van der Waals surface area contributed by atoms with E-state index in [9.17, 15) is 8.42 Å². The van der Waals surface area contributed by atoms with Gasteiger partial charge >= 0.3 is 0 Å². The van der Waals surface area contributed by atoms with E-state index in [4.69, 9.17) is 23.2 Å². The molecule has 4 nitrogen and oxygen atoms in total. The topological polar surface area (TPSA) is 58.2 Å². The van der Waals surface area contributed by atoms with Crippen LogP contribution in [0, 0.1) is 0 Å². The summed E-state index contributed by atoms with van der Waals surface area (Å²) in [7, 11) is -3.40. The number of anilines is 1. The Morgan fingerprint density at radius 3 is 2.65 bits per heavy atom. The van der Waals surface area contributed by atoms with Crippen LogP contribution in [0.25, 0.3) is 0 Å². The molecule has 0 spiro atoms. The minimum Gasteiger partial charge on any atom is -0.316 e. The first kappa shape index (κ1) is 14.6. The van der Waals surface area contributed by atoms with E-state index in [1.165, 1.54) is 6.07 Å². The molecule has 1 aromatic carbocycles. The summed E-state index contributed by atoms with van der Waals surface area (Å²) in [6.07, 6.45) is 0. The van der Waals surface area contributed by atoms with Crippen LogP contribution in [0.5, 0.6) is 0 Å². The predicted octanol–water partition coefficient (Wildman–Crippen LogP) is 2.34. The second kappa shape index (κ2) is 6.44. The van der Waals surface area contributed by atoms with Gasteiger partial charge in [0.05, 0.1) is 16.5 Å². The van der Waals surface area contributed by atoms with Crippen LogP contribution >= 0.6 is 23.2 Å². The Balaban J connectivity index is 2.72. The number of benzene rings is 1. The molecule has 7 heteroatoms. The highest BCUT2D eigenvalue weighted by Gasteiger charge is 2.12. The van der Waals surface area contributed by atoms with Crippen molar-refractivity contribution < 1.29 is 8.42 Å². The lowest BCUT2D eigenvalue weighted by molar-refractivity contribution is 0.597. The lowest BCUT2D eigenvalue weighted by atomic mass is 10.3. The maximum absolute atomic E-state index is 11.7. The molecule has 0 unspecified atom stereocenters. The molecule has 0 aliphatic heterocycles. The van der Waals surface area contributed by atoms with Crippen molar-refractivity contribution in [2.24, 2.45) is 0 Å². The molecule has 0 radical (unpaired) electrons. The third-order valence-corrected chi connectivity index (χ3v) is 3.83. The zero-order valence-corrected chi connectivity index (χ0v) is 11.7. The van der Waals surface area contributed by atoms with Gasteiger partial charge in [0.15, 0.2) is 0 Å². The second-order valence-corrected chi connectivity index (χ2v) is 6.08. The van der Waals surface area contributed by atoms with Crippen LogP contribution in [-0.4, -0.2) is 27.3 Å². The molecule has 0 amide bonds. The largest absolute Gasteiger partial charge is 0.316 e. The van der Waals surface area contributed by atoms with E-state index in [0.717, 1.165) is 6.54 Å². The van der Waals surface area contributed by atoms with Gasteiger partial charge in [-0.3, -0.25) is 4.72 Å². The Morgan fingerprint density at radius 2 is 2.00 bits per heavy atom. The molecule has 1 aromatic rings. The molecular weight excluding hydrogens is 283 g/mol. The molecule has 96 valence electrons. The number of rotatable bonds is 6. The monoisotopic (exact) mass is 296 g/mol. The SMILES string of the molecule is CCNCCS(=O)(=O)Nc1cc(Cl)ccc1Cl. The molecule has 1 rings (SSSR count). The van der Waals surface area contributed by atoms with Gasteiger partial charge in [0.2, 0.25) is 10.0 Å². The summed E-state index contributed by atoms with van der Waals surface area (Å²) in [5.74, 6) is -0.0102. The van der Waals surface area contributed by atoms with Crippen LogP contribution < -0.4 is 10.0 Å². The highest BCUT2D eigenvalue weighted by molar-refractivity contribution is 7.92. The van der Waals surface area contributed by atoms with Crippen molar-refractivity contribution in [1.29, 1.82) is 0 Å². The summed E-state index contributed by atoms with van der Waals surface area (Å²) in [6, 6.07) is 4.63. The van der Waals surface area contributed by atoms with E-state index >= 15 is 0 Å². The lowest BCUT2D eigenvalue weighted by Crippen LogP contribution is -2.26. The average Bonchev–Trinajstić information content (AvgIpc) is 2.23. The molecule has 0 aliphatic carbocycles. The quantitative estimate of drug-likeness (QED) is 0.792. The highest BCUT2D eigenvalue weighted by Crippen LogP contribution is 2.26. The van der Waals surface area contributed by atoms with Crippen LogP contribution in [0.15, 0.2) is 18.2 Å². The van der Waals surface area contributed by atoms with Crippen molar-refractivity contribution in [2.45, 2.75) is 6.92 Å². The number of hydrogen-bond acceptors (Lipinski definition) is 3. The number of hydrogen-bond donors (Lipinski definition) is 2. The van der Waals surface area contributed by atoms with Crippen LogP contribution in [-0.2, 0) is 10.0 Å². The Bertz CT molecular complexity index is 477. The zero-order chi connectivity index (χ0) is 12.9. The van der Waals surface area contributed by atoms with E-state index in [1.54, 1.807) is 12.1 Å². The van der Waals surface area contributed by atoms with Gasteiger partial charge in [-0.15, -0.1) is 0 Å². The minimum atomic E-state index is -3.40. The summed E-state index contributed by atoms with van der Waals surface area (Å²) in [5.41, 5.74) is 0.302. The highest BCUT2D eigenvalue weighted by atomic mass is 35.5. The minimum absolute atomic E-state index is 0.0102. The van der Waals surface area contributed by atoms with Gasteiger partial charge in [0.25, 0.3) is 0 Å². The second-order valence-electron chi connectivity index (χ2n) is 3.40. The first-order chi connectivity index (χ1) is 7.94. The Labute approximate surface area is 111 Å². The van der Waals surface area contributed by atoms with Crippen molar-refractivity contribution in [2.75, 3.05) is 23.6 Å². The summed E-state index contributed by atoms with van der Waals surface area (Å²) < 4.78 is 25.8. The van der Waals surface area contributed by atoms with Crippen molar-refractivity contribution >= 4 is 38.9 Å². The van der Waals surface area contributed by atoms with Crippen molar-refractivity contribution in [3.8, 4) is 0 Å². The van der Waals surface area contributed by atoms with Gasteiger partial charge in [-0.1, -0.05) is 30.1 Å². The molecule has 0 aliphatic rings. The Hall–Kier alpha value is -0.490. The standard InChI is InChI=1S/C10H14Cl2N2O2S/c1-2-13-5-6-17(15,16)14-10-7-8(11)3-4-9(10)12/h3-4,7,13-14H,2,5-6H2,1H3. The lowest BCUT2D eigenvalue weighted by Gasteiger charge is -2.10. The number of nitrogens with one attached hydrogen (secondary N) is 2. The summed E-state index contributed by atoms with van der Waals surface area (Å²) in [6.45, 7) is 3.03. The smallest absolute Gasteiger partial charge is 0.234 e. The van der Waals surface area contributed by atoms with Crippen LogP contribution in [0.4, 0.5) is 5.69 Å². The molecule has 0 saturated heterocycles. The maximum Gasteiger partial charge on any atom is 0.234 e. The molecule has 0 aromatic heterocycles. The third-order valence-electron chi connectivity index (χ3n) is 1.99. The van der Waals surface area contributed by atoms with Gasteiger partial charge < -0.3 is 5.32 Å². The van der Waals surface area contributed by atoms with Crippen LogP contribution in [0.2, 0.25) is 10.0 Å². The van der Waals surface area contributed by atoms with Crippen LogP contribution in [0.1, 0.15) is 6.92 Å². The van der Waals surface area contributed by atoms with Crippen LogP contribution in [0.3, 0.4) is 0 Å². The first-order valence-corrected chi connectivity index (χ1v) is 7.51. The van der Waals surface area contributed by atoms with Gasteiger partial charge in [-0.2, -0.15) is 0 Å². The van der Waals surface area contributed by atoms with Gasteiger partial charge in [-0.05, 0) is 24.7 Å². The van der Waals surface area contributed by atoms with Gasteiger partial charge in [0.1, 0.15) is 0 Å². The Kier molecular flexibility index (Phi) is 5.52. The van der Waals surface area contributed by atoms with Gasteiger partial charge in [0, 0.05) is 11.6 Å². The fourth-order valence-corrected chi connectivity index (χ4v) is 2.59. The molecular formula is C10H14Cl2N2O2S. The molecule has 0 saturated carbocycles. The zero-order valence-electron chi connectivity index (χ0n) is 9.33. The maximum atomic E-state index is 11.7. The first-order valence-electron chi connectivity index (χ1n) is 5.11. The van der Waals surface area contributed by atoms with E-state index in [-0.39, 0.29) is 5.75 Å². The Morgan fingerprint density at radius 1 is 1.29 bits per heavy atom. The third kappa shape index (κ3) is 5.12. The molecule has 0 atom stereocenters. The summed E-state index contributed by atoms with van der Waals surface area (Å²) in [5, 5.41) is 3.69. The fraction of sp³-hybridized carbons (Fsp3) is 0.400. The van der Waals surface area contributed by atoms with Gasteiger partial charge in [-0.25, -0.2) is 8.42 Å². The van der Waals surface area contributed by atoms with E-state index in [0.29, 0.717) is 22.3 Å². The predicted molar refractivity (Wildman–Crippen MR) is 72.4 cm³/mol. The van der Waals surface area contributed by atoms with E-state index in [2.05, 4.69) is 10.0 Å². The fourth-order valence-electron chi connectivity index (χ4n) is 1.18. The van der Waals surface area contributed by atoms with Crippen molar-refractivity contribution in [3.63, 3.8) is 0 Å². The number of halogens is 2. The van der Waals surface area contributed by atoms with E-state index < -0.39 is 10.0 Å². The van der Waals surface area contributed by atoms with Crippen molar-refractivity contribution in [3.05, 3.63) is 28.2 Å². The molecule has 2 N–H and O–H groups in total. The molecule has 0 heterocycles. The van der Waals surface area contributed by atoms with E-state index in [1.807, 2.05) is 6.92 Å². The normalized spacial score (nSPS) is 11.5. The number of sulfonamides is 1. The summed E-state index contributed by atoms with van der Waals surface area (Å²) >= 11 is 11.6. The molecule has 17 heavy (non-hydrogen) atoms. The molecule has 0 bridgehead atoms.